The molecule has 2 amide bonds. The third kappa shape index (κ3) is 6.47. The summed E-state index contributed by atoms with van der Waals surface area (Å²) in [6, 6.07) is 0. The standard InChI is InChI=1S/C33H43N5O3/c1-6-7-8-9-24(2)25-10-12-26(13-11-25)30(39)37-17-14-28-27(20-37)29(35-23-34-28)38-21-33(22-38)15-18-36(19-16-33)31(40)41-32(3,4)5/h6-12,23,26H,1,13-22H2,2-5H3. The SMILES string of the molecule is C=CC=CC=C(C)C1=CCC(C(=O)N2CCc3ncnc(N4CC5(CCN(C(=O)OC(C)(C)C)CC5)C4)c3C2)C=C1. The largest absolute Gasteiger partial charge is 0.444 e. The van der Waals surface area contributed by atoms with E-state index in [-0.39, 0.29) is 23.3 Å². The Kier molecular flexibility index (Phi) is 8.20. The molecule has 4 heterocycles. The number of ether oxygens (including phenoxy) is 1. The summed E-state index contributed by atoms with van der Waals surface area (Å²) < 4.78 is 5.57. The number of allylic oxidation sites excluding steroid dienone is 8. The highest BCUT2D eigenvalue weighted by atomic mass is 16.6. The van der Waals surface area contributed by atoms with E-state index in [1.165, 1.54) is 5.57 Å². The maximum atomic E-state index is 13.5. The van der Waals surface area contributed by atoms with E-state index >= 15 is 0 Å². The van der Waals surface area contributed by atoms with E-state index in [2.05, 4.69) is 41.6 Å². The fourth-order valence-corrected chi connectivity index (χ4v) is 6.21. The number of fused-ring (bicyclic) bond motifs is 1. The number of likely N-dealkylation sites (tertiary alicyclic amines) is 1. The summed E-state index contributed by atoms with van der Waals surface area (Å²) in [5, 5.41) is 0. The molecule has 1 spiro atoms. The molecule has 41 heavy (non-hydrogen) atoms. The van der Waals surface area contributed by atoms with Crippen LogP contribution in [-0.4, -0.2) is 70.1 Å². The molecule has 2 saturated heterocycles. The highest BCUT2D eigenvalue weighted by Gasteiger charge is 2.47. The maximum Gasteiger partial charge on any atom is 0.410 e. The zero-order valence-corrected chi connectivity index (χ0v) is 24.9. The van der Waals surface area contributed by atoms with Crippen molar-refractivity contribution in [3.8, 4) is 0 Å². The van der Waals surface area contributed by atoms with Crippen molar-refractivity contribution >= 4 is 17.8 Å². The molecule has 1 unspecified atom stereocenters. The minimum atomic E-state index is -0.479. The molecule has 1 aromatic heterocycles. The highest BCUT2D eigenvalue weighted by Crippen LogP contribution is 2.44. The topological polar surface area (TPSA) is 78.9 Å². The fraction of sp³-hybridized carbons (Fsp3) is 0.515. The van der Waals surface area contributed by atoms with Crippen molar-refractivity contribution in [3.05, 3.63) is 77.8 Å². The second-order valence-corrected chi connectivity index (χ2v) is 12.8. The van der Waals surface area contributed by atoms with E-state index in [1.807, 2.05) is 48.8 Å². The highest BCUT2D eigenvalue weighted by molar-refractivity contribution is 5.82. The monoisotopic (exact) mass is 557 g/mol. The van der Waals surface area contributed by atoms with Crippen LogP contribution < -0.4 is 4.90 Å². The van der Waals surface area contributed by atoms with Crippen LogP contribution in [0, 0.1) is 11.3 Å². The van der Waals surface area contributed by atoms with Crippen LogP contribution in [0.2, 0.25) is 0 Å². The lowest BCUT2D eigenvalue weighted by molar-refractivity contribution is -0.134. The van der Waals surface area contributed by atoms with Gasteiger partial charge in [0.25, 0.3) is 0 Å². The van der Waals surface area contributed by atoms with Crippen LogP contribution in [-0.2, 0) is 22.5 Å². The third-order valence-electron chi connectivity index (χ3n) is 8.58. The minimum Gasteiger partial charge on any atom is -0.444 e. The third-order valence-corrected chi connectivity index (χ3v) is 8.58. The molecule has 0 aromatic carbocycles. The Bertz CT molecular complexity index is 1300. The molecule has 1 aliphatic carbocycles. The first-order valence-corrected chi connectivity index (χ1v) is 14.8. The molecular weight excluding hydrogens is 514 g/mol. The Balaban J connectivity index is 1.18. The van der Waals surface area contributed by atoms with Gasteiger partial charge >= 0.3 is 6.09 Å². The van der Waals surface area contributed by atoms with Gasteiger partial charge in [0, 0.05) is 50.1 Å². The predicted octanol–water partition coefficient (Wildman–Crippen LogP) is 5.39. The Morgan fingerprint density at radius 2 is 1.85 bits per heavy atom. The molecule has 3 aliphatic heterocycles. The van der Waals surface area contributed by atoms with Crippen molar-refractivity contribution < 1.29 is 14.3 Å². The van der Waals surface area contributed by atoms with Gasteiger partial charge in [0.1, 0.15) is 17.7 Å². The minimum absolute atomic E-state index is 0.146. The Morgan fingerprint density at radius 3 is 2.51 bits per heavy atom. The van der Waals surface area contributed by atoms with Crippen molar-refractivity contribution in [3.63, 3.8) is 0 Å². The number of carbonyl (C=O) groups is 2. The number of aromatic nitrogens is 2. The smallest absolute Gasteiger partial charge is 0.410 e. The quantitative estimate of drug-likeness (QED) is 0.452. The Morgan fingerprint density at radius 1 is 1.10 bits per heavy atom. The van der Waals surface area contributed by atoms with E-state index in [1.54, 1.807) is 12.4 Å². The summed E-state index contributed by atoms with van der Waals surface area (Å²) >= 11 is 0. The van der Waals surface area contributed by atoms with Gasteiger partial charge in [-0.1, -0.05) is 49.1 Å². The lowest BCUT2D eigenvalue weighted by Gasteiger charge is -2.54. The van der Waals surface area contributed by atoms with Crippen molar-refractivity contribution in [2.24, 2.45) is 11.3 Å². The van der Waals surface area contributed by atoms with Crippen LogP contribution in [0.3, 0.4) is 0 Å². The van der Waals surface area contributed by atoms with E-state index in [9.17, 15) is 9.59 Å². The number of nitrogens with zero attached hydrogens (tertiary/aromatic N) is 5. The first-order valence-electron chi connectivity index (χ1n) is 14.8. The number of rotatable bonds is 5. The molecule has 0 bridgehead atoms. The van der Waals surface area contributed by atoms with Crippen LogP contribution in [0.1, 0.15) is 58.2 Å². The Labute approximate surface area is 244 Å². The molecule has 0 N–H and O–H groups in total. The average Bonchev–Trinajstić information content (AvgIpc) is 2.94. The van der Waals surface area contributed by atoms with E-state index in [0.29, 0.717) is 19.5 Å². The summed E-state index contributed by atoms with van der Waals surface area (Å²) in [6.07, 6.45) is 18.8. The second-order valence-electron chi connectivity index (χ2n) is 12.8. The zero-order chi connectivity index (χ0) is 29.2. The van der Waals surface area contributed by atoms with Crippen molar-refractivity contribution in [1.29, 1.82) is 0 Å². The molecule has 1 aromatic rings. The molecule has 4 aliphatic rings. The summed E-state index contributed by atoms with van der Waals surface area (Å²) in [4.78, 5) is 41.5. The van der Waals surface area contributed by atoms with Crippen LogP contribution >= 0.6 is 0 Å². The van der Waals surface area contributed by atoms with Gasteiger partial charge in [-0.25, -0.2) is 14.8 Å². The van der Waals surface area contributed by atoms with Gasteiger partial charge in [-0.15, -0.1) is 0 Å². The van der Waals surface area contributed by atoms with Gasteiger partial charge < -0.3 is 19.4 Å². The number of hydrogen-bond donors (Lipinski definition) is 0. The number of hydrogen-bond acceptors (Lipinski definition) is 6. The van der Waals surface area contributed by atoms with Crippen molar-refractivity contribution in [1.82, 2.24) is 19.8 Å². The van der Waals surface area contributed by atoms with Gasteiger partial charge in [-0.05, 0) is 58.1 Å². The van der Waals surface area contributed by atoms with E-state index in [4.69, 9.17) is 9.72 Å². The normalized spacial score (nSPS) is 22.3. The summed E-state index contributed by atoms with van der Waals surface area (Å²) in [7, 11) is 0. The molecule has 0 saturated carbocycles. The first kappa shape index (κ1) is 28.8. The van der Waals surface area contributed by atoms with Crippen LogP contribution in [0.5, 0.6) is 0 Å². The fourth-order valence-electron chi connectivity index (χ4n) is 6.21. The predicted molar refractivity (Wildman–Crippen MR) is 161 cm³/mol. The van der Waals surface area contributed by atoms with Gasteiger partial charge in [0.15, 0.2) is 0 Å². The van der Waals surface area contributed by atoms with Gasteiger partial charge in [0.2, 0.25) is 5.91 Å². The molecule has 2 fully saturated rings. The zero-order valence-electron chi connectivity index (χ0n) is 24.9. The van der Waals surface area contributed by atoms with Crippen LogP contribution in [0.4, 0.5) is 10.6 Å². The van der Waals surface area contributed by atoms with Gasteiger partial charge in [0.05, 0.1) is 18.2 Å². The molecule has 8 heteroatoms. The van der Waals surface area contributed by atoms with E-state index < -0.39 is 5.60 Å². The number of carbonyl (C=O) groups excluding carboxylic acids is 2. The number of piperidine rings is 1. The summed E-state index contributed by atoms with van der Waals surface area (Å²) in [6.45, 7) is 16.0. The molecule has 8 nitrogen and oxygen atoms in total. The van der Waals surface area contributed by atoms with Crippen molar-refractivity contribution in [2.45, 2.75) is 65.5 Å². The van der Waals surface area contributed by atoms with E-state index in [0.717, 1.165) is 68.1 Å². The summed E-state index contributed by atoms with van der Waals surface area (Å²) in [5.41, 5.74) is 4.18. The van der Waals surface area contributed by atoms with Gasteiger partial charge in [-0.2, -0.15) is 0 Å². The first-order chi connectivity index (χ1) is 19.6. The average molecular weight is 558 g/mol. The molecule has 5 rings (SSSR count). The molecular formula is C33H43N5O3. The Hall–Kier alpha value is -3.68. The maximum absolute atomic E-state index is 13.5. The molecule has 218 valence electrons. The van der Waals surface area contributed by atoms with Crippen molar-refractivity contribution in [2.75, 3.05) is 37.6 Å². The van der Waals surface area contributed by atoms with Gasteiger partial charge in [-0.3, -0.25) is 4.79 Å². The second kappa shape index (κ2) is 11.7. The number of anilines is 1. The van der Waals surface area contributed by atoms with Crippen LogP contribution in [0.15, 0.2) is 66.6 Å². The summed E-state index contributed by atoms with van der Waals surface area (Å²) in [5.74, 6) is 0.981. The molecule has 0 radical (unpaired) electrons. The number of amides is 2. The molecule has 1 atom stereocenters. The van der Waals surface area contributed by atoms with Crippen LogP contribution in [0.25, 0.3) is 0 Å². The lowest BCUT2D eigenvalue weighted by atomic mass is 9.72. The lowest BCUT2D eigenvalue weighted by Crippen LogP contribution is -2.61.